The van der Waals surface area contributed by atoms with E-state index in [4.69, 9.17) is 9.47 Å². The standard InChI is InChI=1S/C18H26O3/c1-14(19)16-7-3-4-8-17(16)20-13-15-9-12-18(21-15)10-5-2-6-11-18/h3-4,7-8,14-15,19H,2,5-6,9-13H2,1H3/t14-,15?/m1/s1. The van der Waals surface area contributed by atoms with E-state index in [1.165, 1.54) is 38.5 Å². The lowest BCUT2D eigenvalue weighted by molar-refractivity contribution is -0.0750. The Morgan fingerprint density at radius 3 is 2.76 bits per heavy atom. The Morgan fingerprint density at radius 1 is 1.24 bits per heavy atom. The van der Waals surface area contributed by atoms with Crippen LogP contribution in [0.5, 0.6) is 5.75 Å². The lowest BCUT2D eigenvalue weighted by atomic mass is 9.83. The molecule has 1 aliphatic carbocycles. The lowest BCUT2D eigenvalue weighted by Crippen LogP contribution is -2.33. The molecular formula is C18H26O3. The Kier molecular flexibility index (Phi) is 4.51. The second-order valence-electron chi connectivity index (χ2n) is 6.55. The second kappa shape index (κ2) is 6.37. The Hall–Kier alpha value is -1.06. The van der Waals surface area contributed by atoms with Gasteiger partial charge in [-0.2, -0.15) is 0 Å². The molecule has 1 heterocycles. The molecule has 0 amide bonds. The van der Waals surface area contributed by atoms with Crippen LogP contribution in [0.2, 0.25) is 0 Å². The summed E-state index contributed by atoms with van der Waals surface area (Å²) < 4.78 is 12.3. The maximum Gasteiger partial charge on any atom is 0.125 e. The Labute approximate surface area is 127 Å². The van der Waals surface area contributed by atoms with Gasteiger partial charge in [0, 0.05) is 5.56 Å². The molecule has 3 heteroatoms. The zero-order valence-corrected chi connectivity index (χ0v) is 12.9. The summed E-state index contributed by atoms with van der Waals surface area (Å²) in [6.07, 6.45) is 8.36. The van der Waals surface area contributed by atoms with Crippen LogP contribution in [0.1, 0.15) is 63.5 Å². The van der Waals surface area contributed by atoms with Crippen molar-refractivity contribution >= 4 is 0 Å². The van der Waals surface area contributed by atoms with Gasteiger partial charge in [0.05, 0.1) is 17.8 Å². The molecule has 0 bridgehead atoms. The number of benzene rings is 1. The fraction of sp³-hybridized carbons (Fsp3) is 0.667. The molecule has 2 aliphatic rings. The van der Waals surface area contributed by atoms with Gasteiger partial charge in [0.15, 0.2) is 0 Å². The van der Waals surface area contributed by atoms with Gasteiger partial charge in [-0.1, -0.05) is 37.5 Å². The molecule has 0 radical (unpaired) electrons. The molecule has 1 aliphatic heterocycles. The molecule has 116 valence electrons. The third-order valence-electron chi connectivity index (χ3n) is 4.90. The molecule has 3 nitrogen and oxygen atoms in total. The van der Waals surface area contributed by atoms with E-state index in [9.17, 15) is 5.11 Å². The molecular weight excluding hydrogens is 264 g/mol. The zero-order chi connectivity index (χ0) is 14.7. The number of ether oxygens (including phenoxy) is 2. The minimum Gasteiger partial charge on any atom is -0.490 e. The van der Waals surface area contributed by atoms with Crippen molar-refractivity contribution in [1.82, 2.24) is 0 Å². The zero-order valence-electron chi connectivity index (χ0n) is 12.9. The van der Waals surface area contributed by atoms with Gasteiger partial charge in [-0.05, 0) is 38.7 Å². The molecule has 1 aromatic rings. The average molecular weight is 290 g/mol. The summed E-state index contributed by atoms with van der Waals surface area (Å²) in [6, 6.07) is 7.71. The fourth-order valence-corrected chi connectivity index (χ4v) is 3.72. The molecule has 0 aromatic heterocycles. The van der Waals surface area contributed by atoms with E-state index in [0.29, 0.717) is 6.61 Å². The van der Waals surface area contributed by atoms with Gasteiger partial charge >= 0.3 is 0 Å². The summed E-state index contributed by atoms with van der Waals surface area (Å²) in [5.41, 5.74) is 0.999. The molecule has 1 saturated heterocycles. The van der Waals surface area contributed by atoms with Crippen molar-refractivity contribution in [3.05, 3.63) is 29.8 Å². The van der Waals surface area contributed by atoms with Crippen LogP contribution in [0.15, 0.2) is 24.3 Å². The highest BCUT2D eigenvalue weighted by molar-refractivity contribution is 5.34. The molecule has 2 atom stereocenters. The molecule has 1 aromatic carbocycles. The monoisotopic (exact) mass is 290 g/mol. The number of aliphatic hydroxyl groups excluding tert-OH is 1. The molecule has 3 rings (SSSR count). The topological polar surface area (TPSA) is 38.7 Å². The first-order valence-electron chi connectivity index (χ1n) is 8.26. The quantitative estimate of drug-likeness (QED) is 0.911. The highest BCUT2D eigenvalue weighted by atomic mass is 16.6. The van der Waals surface area contributed by atoms with Crippen molar-refractivity contribution in [2.75, 3.05) is 6.61 Å². The maximum atomic E-state index is 9.78. The summed E-state index contributed by atoms with van der Waals surface area (Å²) in [4.78, 5) is 0. The second-order valence-corrected chi connectivity index (χ2v) is 6.55. The van der Waals surface area contributed by atoms with E-state index in [-0.39, 0.29) is 11.7 Å². The van der Waals surface area contributed by atoms with Crippen LogP contribution < -0.4 is 4.74 Å². The van der Waals surface area contributed by atoms with Crippen LogP contribution in [-0.4, -0.2) is 23.4 Å². The van der Waals surface area contributed by atoms with E-state index in [0.717, 1.165) is 17.7 Å². The van der Waals surface area contributed by atoms with Gasteiger partial charge in [0.25, 0.3) is 0 Å². The van der Waals surface area contributed by atoms with Crippen molar-refractivity contribution in [2.24, 2.45) is 0 Å². The highest BCUT2D eigenvalue weighted by Crippen LogP contribution is 2.42. The van der Waals surface area contributed by atoms with Crippen molar-refractivity contribution in [2.45, 2.75) is 69.7 Å². The molecule has 1 N–H and O–H groups in total. The van der Waals surface area contributed by atoms with E-state index < -0.39 is 6.10 Å². The molecule has 1 saturated carbocycles. The fourth-order valence-electron chi connectivity index (χ4n) is 3.72. The van der Waals surface area contributed by atoms with Crippen molar-refractivity contribution in [1.29, 1.82) is 0 Å². The van der Waals surface area contributed by atoms with E-state index in [1.807, 2.05) is 24.3 Å². The average Bonchev–Trinajstić information content (AvgIpc) is 2.89. The van der Waals surface area contributed by atoms with Gasteiger partial charge in [-0.15, -0.1) is 0 Å². The summed E-state index contributed by atoms with van der Waals surface area (Å²) in [7, 11) is 0. The van der Waals surface area contributed by atoms with Crippen LogP contribution >= 0.6 is 0 Å². The summed E-state index contributed by atoms with van der Waals surface area (Å²) in [6.45, 7) is 2.36. The summed E-state index contributed by atoms with van der Waals surface area (Å²) in [5, 5.41) is 9.78. The van der Waals surface area contributed by atoms with Crippen LogP contribution in [-0.2, 0) is 4.74 Å². The van der Waals surface area contributed by atoms with Gasteiger partial charge in [0.1, 0.15) is 12.4 Å². The Bertz CT molecular complexity index is 463. The van der Waals surface area contributed by atoms with Crippen LogP contribution in [0.3, 0.4) is 0 Å². The number of aliphatic hydroxyl groups is 1. The number of hydrogen-bond acceptors (Lipinski definition) is 3. The first-order valence-corrected chi connectivity index (χ1v) is 8.26. The van der Waals surface area contributed by atoms with Crippen LogP contribution in [0.25, 0.3) is 0 Å². The van der Waals surface area contributed by atoms with Crippen molar-refractivity contribution in [3.63, 3.8) is 0 Å². The Balaban J connectivity index is 1.57. The minimum atomic E-state index is -0.504. The first-order chi connectivity index (χ1) is 10.2. The first kappa shape index (κ1) is 14.9. The van der Waals surface area contributed by atoms with Crippen molar-refractivity contribution < 1.29 is 14.6 Å². The predicted molar refractivity (Wildman–Crippen MR) is 82.5 cm³/mol. The van der Waals surface area contributed by atoms with Gasteiger partial charge in [-0.25, -0.2) is 0 Å². The molecule has 1 unspecified atom stereocenters. The number of hydrogen-bond donors (Lipinski definition) is 1. The van der Waals surface area contributed by atoms with Gasteiger partial charge in [-0.3, -0.25) is 0 Å². The van der Waals surface area contributed by atoms with Gasteiger partial charge < -0.3 is 14.6 Å². The molecule has 21 heavy (non-hydrogen) atoms. The molecule has 2 fully saturated rings. The maximum absolute atomic E-state index is 9.78. The minimum absolute atomic E-state index is 0.149. The van der Waals surface area contributed by atoms with Gasteiger partial charge in [0.2, 0.25) is 0 Å². The predicted octanol–water partition coefficient (Wildman–Crippen LogP) is 4.00. The van der Waals surface area contributed by atoms with E-state index >= 15 is 0 Å². The molecule has 1 spiro atoms. The Morgan fingerprint density at radius 2 is 2.00 bits per heavy atom. The van der Waals surface area contributed by atoms with Crippen LogP contribution in [0.4, 0.5) is 0 Å². The summed E-state index contributed by atoms with van der Waals surface area (Å²) in [5.74, 6) is 0.778. The van der Waals surface area contributed by atoms with E-state index in [1.54, 1.807) is 6.92 Å². The smallest absolute Gasteiger partial charge is 0.125 e. The number of rotatable bonds is 4. The highest BCUT2D eigenvalue weighted by Gasteiger charge is 2.40. The third-order valence-corrected chi connectivity index (χ3v) is 4.90. The normalized spacial score (nSPS) is 25.9. The third kappa shape index (κ3) is 3.41. The summed E-state index contributed by atoms with van der Waals surface area (Å²) >= 11 is 0. The van der Waals surface area contributed by atoms with E-state index in [2.05, 4.69) is 0 Å². The lowest BCUT2D eigenvalue weighted by Gasteiger charge is -2.33. The SMILES string of the molecule is C[C@@H](O)c1ccccc1OCC1CCC2(CCCCC2)O1. The largest absolute Gasteiger partial charge is 0.490 e. The van der Waals surface area contributed by atoms with Crippen LogP contribution in [0, 0.1) is 0 Å². The van der Waals surface area contributed by atoms with Crippen molar-refractivity contribution in [3.8, 4) is 5.75 Å². The number of para-hydroxylation sites is 1.